The summed E-state index contributed by atoms with van der Waals surface area (Å²) in [5, 5.41) is 5.73. The standard InChI is InChI=1S/C23H27ClN2O4/c1-5-9-19(26-22(29)30-23(2,3)4)21(28)25-18-13-12-16(24)14-17(18)20(27)15-10-7-6-8-11-15/h6-8,10-14,19H,5,9H2,1-4H3,(H,25,28)(H,26,29)/t19-/m0/s1. The summed E-state index contributed by atoms with van der Waals surface area (Å²) >= 11 is 6.09. The summed E-state index contributed by atoms with van der Waals surface area (Å²) in [4.78, 5) is 37.9. The number of benzene rings is 2. The highest BCUT2D eigenvalue weighted by Crippen LogP contribution is 2.24. The zero-order chi connectivity index (χ0) is 22.3. The molecule has 2 amide bonds. The fourth-order valence-corrected chi connectivity index (χ4v) is 2.96. The smallest absolute Gasteiger partial charge is 0.408 e. The molecule has 0 radical (unpaired) electrons. The van der Waals surface area contributed by atoms with Crippen LogP contribution in [0.25, 0.3) is 0 Å². The number of carbonyl (C=O) groups is 3. The van der Waals surface area contributed by atoms with Crippen molar-refractivity contribution >= 4 is 35.1 Å². The van der Waals surface area contributed by atoms with Gasteiger partial charge in [-0.2, -0.15) is 0 Å². The lowest BCUT2D eigenvalue weighted by Gasteiger charge is -2.23. The van der Waals surface area contributed by atoms with Crippen molar-refractivity contribution in [2.45, 2.75) is 52.2 Å². The van der Waals surface area contributed by atoms with Crippen LogP contribution in [0.2, 0.25) is 5.02 Å². The second kappa shape index (κ2) is 10.3. The van der Waals surface area contributed by atoms with Gasteiger partial charge in [0.15, 0.2) is 5.78 Å². The Kier molecular flexibility index (Phi) is 8.00. The average Bonchev–Trinajstić information content (AvgIpc) is 2.67. The lowest BCUT2D eigenvalue weighted by Crippen LogP contribution is -2.45. The van der Waals surface area contributed by atoms with Crippen LogP contribution in [0, 0.1) is 0 Å². The number of nitrogens with one attached hydrogen (secondary N) is 2. The second-order valence-electron chi connectivity index (χ2n) is 7.86. The number of ketones is 1. The lowest BCUT2D eigenvalue weighted by atomic mass is 10.0. The molecule has 0 aliphatic carbocycles. The van der Waals surface area contributed by atoms with Crippen molar-refractivity contribution in [2.75, 3.05) is 5.32 Å². The lowest BCUT2D eigenvalue weighted by molar-refractivity contribution is -0.118. The Hall–Kier alpha value is -2.86. The van der Waals surface area contributed by atoms with Crippen LogP contribution in [-0.4, -0.2) is 29.4 Å². The maximum absolute atomic E-state index is 12.9. The fraction of sp³-hybridized carbons (Fsp3) is 0.348. The minimum atomic E-state index is -0.805. The van der Waals surface area contributed by atoms with Crippen LogP contribution in [0.1, 0.15) is 56.5 Å². The highest BCUT2D eigenvalue weighted by atomic mass is 35.5. The summed E-state index contributed by atoms with van der Waals surface area (Å²) < 4.78 is 5.25. The van der Waals surface area contributed by atoms with Crippen LogP contribution >= 0.6 is 11.6 Å². The molecule has 2 aromatic carbocycles. The normalized spacial score (nSPS) is 12.0. The molecule has 0 saturated carbocycles. The summed E-state index contributed by atoms with van der Waals surface area (Å²) in [6.07, 6.45) is 0.415. The number of rotatable bonds is 7. The van der Waals surface area contributed by atoms with E-state index < -0.39 is 23.6 Å². The van der Waals surface area contributed by atoms with Crippen molar-refractivity contribution in [2.24, 2.45) is 0 Å². The van der Waals surface area contributed by atoms with Crippen molar-refractivity contribution in [1.82, 2.24) is 5.32 Å². The summed E-state index contributed by atoms with van der Waals surface area (Å²) in [7, 11) is 0. The quantitative estimate of drug-likeness (QED) is 0.591. The predicted octanol–water partition coefficient (Wildman–Crippen LogP) is 5.20. The van der Waals surface area contributed by atoms with Gasteiger partial charge in [0.05, 0.1) is 5.69 Å². The number of hydrogen-bond donors (Lipinski definition) is 2. The maximum Gasteiger partial charge on any atom is 0.408 e. The Morgan fingerprint density at radius 3 is 2.33 bits per heavy atom. The van der Waals surface area contributed by atoms with Gasteiger partial charge in [0.1, 0.15) is 11.6 Å². The van der Waals surface area contributed by atoms with E-state index in [1.807, 2.05) is 13.0 Å². The molecule has 0 saturated heterocycles. The summed E-state index contributed by atoms with van der Waals surface area (Å²) in [6.45, 7) is 7.15. The topological polar surface area (TPSA) is 84.5 Å². The van der Waals surface area contributed by atoms with Crippen molar-refractivity contribution in [1.29, 1.82) is 0 Å². The van der Waals surface area contributed by atoms with E-state index in [0.29, 0.717) is 29.1 Å². The Bertz CT molecular complexity index is 907. The fourth-order valence-electron chi connectivity index (χ4n) is 2.79. The Morgan fingerprint density at radius 2 is 1.73 bits per heavy atom. The van der Waals surface area contributed by atoms with Crippen molar-refractivity contribution < 1.29 is 19.1 Å². The van der Waals surface area contributed by atoms with Gasteiger partial charge in [-0.05, 0) is 45.4 Å². The van der Waals surface area contributed by atoms with Crippen LogP contribution in [-0.2, 0) is 9.53 Å². The highest BCUT2D eigenvalue weighted by molar-refractivity contribution is 6.31. The van der Waals surface area contributed by atoms with E-state index in [-0.39, 0.29) is 11.3 Å². The van der Waals surface area contributed by atoms with Crippen LogP contribution in [0.15, 0.2) is 48.5 Å². The monoisotopic (exact) mass is 430 g/mol. The zero-order valence-electron chi connectivity index (χ0n) is 17.6. The molecule has 7 heteroatoms. The molecule has 0 heterocycles. The van der Waals surface area contributed by atoms with E-state index in [1.165, 1.54) is 6.07 Å². The third-order valence-electron chi connectivity index (χ3n) is 4.10. The molecular formula is C23H27ClN2O4. The number of anilines is 1. The zero-order valence-corrected chi connectivity index (χ0v) is 18.4. The molecule has 160 valence electrons. The first kappa shape index (κ1) is 23.4. The maximum atomic E-state index is 12.9. The van der Waals surface area contributed by atoms with E-state index >= 15 is 0 Å². The third kappa shape index (κ3) is 6.88. The number of halogens is 1. The molecule has 0 aliphatic rings. The number of amides is 2. The highest BCUT2D eigenvalue weighted by Gasteiger charge is 2.25. The molecule has 0 aliphatic heterocycles. The van der Waals surface area contributed by atoms with Gasteiger partial charge < -0.3 is 15.4 Å². The molecule has 0 aromatic heterocycles. The average molecular weight is 431 g/mol. The van der Waals surface area contributed by atoms with Gasteiger partial charge in [-0.3, -0.25) is 9.59 Å². The van der Waals surface area contributed by atoms with Gasteiger partial charge in [-0.1, -0.05) is 55.3 Å². The molecule has 6 nitrogen and oxygen atoms in total. The first-order valence-corrected chi connectivity index (χ1v) is 10.2. The Morgan fingerprint density at radius 1 is 1.07 bits per heavy atom. The van der Waals surface area contributed by atoms with Gasteiger partial charge in [0.2, 0.25) is 5.91 Å². The first-order chi connectivity index (χ1) is 14.1. The van der Waals surface area contributed by atoms with Gasteiger partial charge in [-0.15, -0.1) is 0 Å². The van der Waals surface area contributed by atoms with Crippen LogP contribution in [0.4, 0.5) is 10.5 Å². The van der Waals surface area contributed by atoms with Gasteiger partial charge in [0.25, 0.3) is 0 Å². The van der Waals surface area contributed by atoms with Crippen LogP contribution in [0.5, 0.6) is 0 Å². The minimum Gasteiger partial charge on any atom is -0.444 e. The molecular weight excluding hydrogens is 404 g/mol. The number of ether oxygens (including phenoxy) is 1. The Labute approximate surface area is 182 Å². The SMILES string of the molecule is CCC[C@H](NC(=O)OC(C)(C)C)C(=O)Nc1ccc(Cl)cc1C(=O)c1ccccc1. The van der Waals surface area contributed by atoms with Crippen molar-refractivity contribution in [3.63, 3.8) is 0 Å². The third-order valence-corrected chi connectivity index (χ3v) is 4.34. The molecule has 2 rings (SSSR count). The van der Waals surface area contributed by atoms with Crippen molar-refractivity contribution in [3.05, 3.63) is 64.7 Å². The number of hydrogen-bond acceptors (Lipinski definition) is 4. The molecule has 0 spiro atoms. The van der Waals surface area contributed by atoms with E-state index in [1.54, 1.807) is 57.2 Å². The molecule has 0 unspecified atom stereocenters. The molecule has 2 aromatic rings. The molecule has 30 heavy (non-hydrogen) atoms. The summed E-state index contributed by atoms with van der Waals surface area (Å²) in [5.74, 6) is -0.701. The predicted molar refractivity (Wildman–Crippen MR) is 118 cm³/mol. The number of alkyl carbamates (subject to hydrolysis) is 1. The van der Waals surface area contributed by atoms with Gasteiger partial charge in [0, 0.05) is 16.1 Å². The number of carbonyl (C=O) groups excluding carboxylic acids is 3. The van der Waals surface area contributed by atoms with E-state index in [0.717, 1.165) is 0 Å². The van der Waals surface area contributed by atoms with E-state index in [2.05, 4.69) is 10.6 Å². The first-order valence-electron chi connectivity index (χ1n) is 9.80. The van der Waals surface area contributed by atoms with Gasteiger partial charge in [-0.25, -0.2) is 4.79 Å². The summed E-state index contributed by atoms with van der Waals surface area (Å²) in [6, 6.07) is 12.6. The summed E-state index contributed by atoms with van der Waals surface area (Å²) in [5.41, 5.74) is 0.398. The second-order valence-corrected chi connectivity index (χ2v) is 8.30. The van der Waals surface area contributed by atoms with Crippen molar-refractivity contribution in [3.8, 4) is 0 Å². The van der Waals surface area contributed by atoms with Gasteiger partial charge >= 0.3 is 6.09 Å². The van der Waals surface area contributed by atoms with Crippen LogP contribution in [0.3, 0.4) is 0 Å². The van der Waals surface area contributed by atoms with E-state index in [9.17, 15) is 14.4 Å². The largest absolute Gasteiger partial charge is 0.444 e. The van der Waals surface area contributed by atoms with E-state index in [4.69, 9.17) is 16.3 Å². The van der Waals surface area contributed by atoms with Crippen LogP contribution < -0.4 is 10.6 Å². The molecule has 2 N–H and O–H groups in total. The molecule has 1 atom stereocenters. The molecule has 0 fully saturated rings. The Balaban J connectivity index is 2.23. The molecule has 0 bridgehead atoms. The minimum absolute atomic E-state index is 0.263.